The predicted octanol–water partition coefficient (Wildman–Crippen LogP) is 4.79. The molecule has 1 aromatic heterocycles. The van der Waals surface area contributed by atoms with Crippen molar-refractivity contribution < 1.29 is 14.3 Å². The molecule has 0 aliphatic heterocycles. The second kappa shape index (κ2) is 9.47. The smallest absolute Gasteiger partial charge is 0.221 e. The van der Waals surface area contributed by atoms with Gasteiger partial charge >= 0.3 is 0 Å². The zero-order valence-corrected chi connectivity index (χ0v) is 18.4. The second-order valence-corrected chi connectivity index (χ2v) is 7.48. The van der Waals surface area contributed by atoms with E-state index in [4.69, 9.17) is 19.4 Å². The number of aromatic nitrogens is 2. The van der Waals surface area contributed by atoms with Crippen molar-refractivity contribution >= 4 is 22.6 Å². The molecule has 0 atom stereocenters. The summed E-state index contributed by atoms with van der Waals surface area (Å²) in [4.78, 5) is 21.7. The molecule has 6 heteroatoms. The van der Waals surface area contributed by atoms with E-state index < -0.39 is 0 Å². The van der Waals surface area contributed by atoms with Gasteiger partial charge in [0, 0.05) is 25.8 Å². The summed E-state index contributed by atoms with van der Waals surface area (Å²) < 4.78 is 11.3. The van der Waals surface area contributed by atoms with Gasteiger partial charge in [0.2, 0.25) is 5.91 Å². The highest BCUT2D eigenvalue weighted by molar-refractivity contribution is 5.98. The lowest BCUT2D eigenvalue weighted by atomic mass is 10.0. The standard InChI is InChI=1S/C26H25N3O3/c1-17(30)27-22-16-23(31-2)24-25(26(22)32-3)29-21(15-19-12-8-5-9-13-19)20(28-24)14-18-10-6-4-7-11-18/h4-13,16H,14-15H2,1-3H3,(H,27,30). The molecule has 0 aliphatic carbocycles. The SMILES string of the molecule is COc1cc(NC(C)=O)c(OC)c2nc(Cc3ccccc3)c(Cc3ccccc3)nc12. The number of fused-ring (bicyclic) bond motifs is 1. The van der Waals surface area contributed by atoms with Crippen LogP contribution >= 0.6 is 0 Å². The van der Waals surface area contributed by atoms with Crippen molar-refractivity contribution in [3.63, 3.8) is 0 Å². The van der Waals surface area contributed by atoms with E-state index in [2.05, 4.69) is 29.6 Å². The fraction of sp³-hybridized carbons (Fsp3) is 0.192. The Hall–Kier alpha value is -3.93. The maximum Gasteiger partial charge on any atom is 0.221 e. The van der Waals surface area contributed by atoms with Gasteiger partial charge in [0.1, 0.15) is 16.8 Å². The summed E-state index contributed by atoms with van der Waals surface area (Å²) in [5.74, 6) is 0.782. The van der Waals surface area contributed by atoms with Crippen molar-refractivity contribution in [2.24, 2.45) is 0 Å². The highest BCUT2D eigenvalue weighted by Gasteiger charge is 2.20. The Kier molecular flexibility index (Phi) is 6.31. The van der Waals surface area contributed by atoms with Gasteiger partial charge in [-0.15, -0.1) is 0 Å². The quantitative estimate of drug-likeness (QED) is 0.459. The van der Waals surface area contributed by atoms with Gasteiger partial charge < -0.3 is 14.8 Å². The average molecular weight is 428 g/mol. The summed E-state index contributed by atoms with van der Waals surface area (Å²) in [5, 5.41) is 2.80. The number of rotatable bonds is 7. The molecule has 6 nitrogen and oxygen atoms in total. The molecule has 0 fully saturated rings. The number of carbonyl (C=O) groups excluding carboxylic acids is 1. The van der Waals surface area contributed by atoms with Crippen LogP contribution in [0.25, 0.3) is 11.0 Å². The number of hydrogen-bond donors (Lipinski definition) is 1. The summed E-state index contributed by atoms with van der Waals surface area (Å²) in [6, 6.07) is 22.1. The molecule has 0 radical (unpaired) electrons. The summed E-state index contributed by atoms with van der Waals surface area (Å²) in [6.07, 6.45) is 1.27. The first-order chi connectivity index (χ1) is 15.6. The van der Waals surface area contributed by atoms with E-state index >= 15 is 0 Å². The molecule has 4 rings (SSSR count). The molecule has 0 aliphatic rings. The number of carbonyl (C=O) groups is 1. The molecule has 0 spiro atoms. The van der Waals surface area contributed by atoms with Gasteiger partial charge in [-0.3, -0.25) is 4.79 Å². The van der Waals surface area contributed by atoms with E-state index in [-0.39, 0.29) is 5.91 Å². The van der Waals surface area contributed by atoms with Crippen molar-refractivity contribution in [2.75, 3.05) is 19.5 Å². The molecule has 32 heavy (non-hydrogen) atoms. The largest absolute Gasteiger partial charge is 0.494 e. The third-order valence-corrected chi connectivity index (χ3v) is 5.18. The number of hydrogen-bond acceptors (Lipinski definition) is 5. The topological polar surface area (TPSA) is 73.3 Å². The van der Waals surface area contributed by atoms with Gasteiger partial charge in [-0.2, -0.15) is 0 Å². The molecular formula is C26H25N3O3. The Morgan fingerprint density at radius 3 is 1.81 bits per heavy atom. The van der Waals surface area contributed by atoms with E-state index in [1.807, 2.05) is 36.4 Å². The molecule has 0 saturated carbocycles. The first kappa shape index (κ1) is 21.3. The summed E-state index contributed by atoms with van der Waals surface area (Å²) in [6.45, 7) is 1.45. The minimum Gasteiger partial charge on any atom is -0.494 e. The first-order valence-corrected chi connectivity index (χ1v) is 10.4. The van der Waals surface area contributed by atoms with Crippen LogP contribution in [-0.2, 0) is 17.6 Å². The van der Waals surface area contributed by atoms with Crippen molar-refractivity contribution in [1.82, 2.24) is 9.97 Å². The van der Waals surface area contributed by atoms with Crippen LogP contribution in [0.4, 0.5) is 5.69 Å². The van der Waals surface area contributed by atoms with Crippen LogP contribution in [0.15, 0.2) is 66.7 Å². The lowest BCUT2D eigenvalue weighted by molar-refractivity contribution is -0.114. The van der Waals surface area contributed by atoms with Crippen molar-refractivity contribution in [1.29, 1.82) is 0 Å². The fourth-order valence-corrected chi connectivity index (χ4v) is 3.73. The number of ether oxygens (including phenoxy) is 2. The lowest BCUT2D eigenvalue weighted by Gasteiger charge is -2.17. The highest BCUT2D eigenvalue weighted by Crippen LogP contribution is 2.39. The molecule has 162 valence electrons. The molecule has 1 N–H and O–H groups in total. The van der Waals surface area contributed by atoms with Gasteiger partial charge in [-0.05, 0) is 11.1 Å². The third-order valence-electron chi connectivity index (χ3n) is 5.18. The molecule has 4 aromatic rings. The predicted molar refractivity (Wildman–Crippen MR) is 125 cm³/mol. The van der Waals surface area contributed by atoms with Gasteiger partial charge in [-0.1, -0.05) is 60.7 Å². The number of nitrogens with one attached hydrogen (secondary N) is 1. The molecule has 0 bridgehead atoms. The minimum absolute atomic E-state index is 0.206. The molecular weight excluding hydrogens is 402 g/mol. The molecule has 0 saturated heterocycles. The third kappa shape index (κ3) is 4.54. The highest BCUT2D eigenvalue weighted by atomic mass is 16.5. The monoisotopic (exact) mass is 427 g/mol. The maximum absolute atomic E-state index is 11.7. The molecule has 3 aromatic carbocycles. The molecule has 1 amide bonds. The van der Waals surface area contributed by atoms with Gasteiger partial charge in [0.05, 0.1) is 31.3 Å². The number of benzene rings is 3. The number of nitrogens with zero attached hydrogens (tertiary/aromatic N) is 2. The minimum atomic E-state index is -0.206. The van der Waals surface area contributed by atoms with E-state index in [9.17, 15) is 4.79 Å². The van der Waals surface area contributed by atoms with E-state index in [1.165, 1.54) is 6.92 Å². The molecule has 1 heterocycles. The fourth-order valence-electron chi connectivity index (χ4n) is 3.73. The van der Waals surface area contributed by atoms with Crippen molar-refractivity contribution in [3.05, 3.63) is 89.2 Å². The zero-order valence-electron chi connectivity index (χ0n) is 18.4. The summed E-state index contributed by atoms with van der Waals surface area (Å²) >= 11 is 0. The molecule has 0 unspecified atom stereocenters. The van der Waals surface area contributed by atoms with Gasteiger partial charge in [0.15, 0.2) is 5.75 Å². The number of amides is 1. The Balaban J connectivity index is 1.93. The van der Waals surface area contributed by atoms with E-state index in [0.717, 1.165) is 22.5 Å². The van der Waals surface area contributed by atoms with Crippen LogP contribution in [0.3, 0.4) is 0 Å². The van der Waals surface area contributed by atoms with Crippen LogP contribution < -0.4 is 14.8 Å². The van der Waals surface area contributed by atoms with E-state index in [1.54, 1.807) is 20.3 Å². The van der Waals surface area contributed by atoms with Crippen LogP contribution in [0.1, 0.15) is 29.4 Å². The van der Waals surface area contributed by atoms with Crippen LogP contribution in [0.2, 0.25) is 0 Å². The maximum atomic E-state index is 11.7. The Morgan fingerprint density at radius 1 is 0.812 bits per heavy atom. The Bertz CT molecular complexity index is 1240. The van der Waals surface area contributed by atoms with E-state index in [0.29, 0.717) is 41.1 Å². The van der Waals surface area contributed by atoms with Crippen molar-refractivity contribution in [3.8, 4) is 11.5 Å². The average Bonchev–Trinajstić information content (AvgIpc) is 2.80. The first-order valence-electron chi connectivity index (χ1n) is 10.4. The zero-order chi connectivity index (χ0) is 22.5. The number of methoxy groups -OCH3 is 2. The Labute approximate surface area is 187 Å². The van der Waals surface area contributed by atoms with Gasteiger partial charge in [0.25, 0.3) is 0 Å². The number of anilines is 1. The normalized spacial score (nSPS) is 10.7. The van der Waals surface area contributed by atoms with Crippen LogP contribution in [0.5, 0.6) is 11.5 Å². The Morgan fingerprint density at radius 2 is 1.34 bits per heavy atom. The summed E-state index contributed by atoms with van der Waals surface area (Å²) in [7, 11) is 3.14. The lowest BCUT2D eigenvalue weighted by Crippen LogP contribution is -2.10. The van der Waals surface area contributed by atoms with Crippen molar-refractivity contribution in [2.45, 2.75) is 19.8 Å². The summed E-state index contributed by atoms with van der Waals surface area (Å²) in [5.41, 5.74) is 5.67. The second-order valence-electron chi connectivity index (χ2n) is 7.48. The van der Waals surface area contributed by atoms with Crippen LogP contribution in [-0.4, -0.2) is 30.1 Å². The van der Waals surface area contributed by atoms with Gasteiger partial charge in [-0.25, -0.2) is 9.97 Å². The van der Waals surface area contributed by atoms with Crippen LogP contribution in [0, 0.1) is 0 Å².